The van der Waals surface area contributed by atoms with Crippen molar-refractivity contribution >= 4 is 11.0 Å². The van der Waals surface area contributed by atoms with Gasteiger partial charge in [0.1, 0.15) is 5.58 Å². The lowest BCUT2D eigenvalue weighted by Gasteiger charge is -2.11. The molecule has 1 unspecified atom stereocenters. The monoisotopic (exact) mass is 281 g/mol. The second-order valence-corrected chi connectivity index (χ2v) is 5.23. The fourth-order valence-corrected chi connectivity index (χ4v) is 2.50. The first-order valence-corrected chi connectivity index (χ1v) is 7.21. The van der Waals surface area contributed by atoms with Crippen molar-refractivity contribution in [2.75, 3.05) is 6.54 Å². The molecular weight excluding hydrogens is 262 g/mol. The highest BCUT2D eigenvalue weighted by Crippen LogP contribution is 2.20. The van der Waals surface area contributed by atoms with E-state index in [1.807, 2.05) is 48.5 Å². The van der Waals surface area contributed by atoms with E-state index in [-0.39, 0.29) is 6.10 Å². The zero-order valence-electron chi connectivity index (χ0n) is 11.8. The van der Waals surface area contributed by atoms with Crippen LogP contribution in [0.3, 0.4) is 0 Å². The predicted molar refractivity (Wildman–Crippen MR) is 84.1 cm³/mol. The van der Waals surface area contributed by atoms with Gasteiger partial charge in [-0.1, -0.05) is 48.5 Å². The molecule has 0 spiro atoms. The van der Waals surface area contributed by atoms with Crippen molar-refractivity contribution in [1.29, 1.82) is 0 Å². The van der Waals surface area contributed by atoms with Gasteiger partial charge in [-0.15, -0.1) is 0 Å². The zero-order valence-corrected chi connectivity index (χ0v) is 11.8. The van der Waals surface area contributed by atoms with Crippen molar-refractivity contribution in [3.05, 3.63) is 72.0 Å². The fraction of sp³-hybridized carbons (Fsp3) is 0.222. The highest BCUT2D eigenvalue weighted by atomic mass is 16.3. The average Bonchev–Trinajstić information content (AvgIpc) is 2.92. The summed E-state index contributed by atoms with van der Waals surface area (Å²) in [5.41, 5.74) is 3.18. The Bertz CT molecular complexity index is 691. The summed E-state index contributed by atoms with van der Waals surface area (Å²) in [5.74, 6) is 0. The van der Waals surface area contributed by atoms with Crippen LogP contribution >= 0.6 is 0 Å². The van der Waals surface area contributed by atoms with Gasteiger partial charge in [-0.3, -0.25) is 0 Å². The highest BCUT2D eigenvalue weighted by molar-refractivity contribution is 5.80. The highest BCUT2D eigenvalue weighted by Gasteiger charge is 2.07. The summed E-state index contributed by atoms with van der Waals surface area (Å²) < 4.78 is 5.50. The number of nitrogens with one attached hydrogen (secondary N) is 1. The van der Waals surface area contributed by atoms with Crippen molar-refractivity contribution in [3.63, 3.8) is 0 Å². The molecule has 0 bridgehead atoms. The number of furan rings is 1. The molecule has 108 valence electrons. The molecule has 1 aromatic heterocycles. The van der Waals surface area contributed by atoms with Crippen LogP contribution < -0.4 is 5.32 Å². The lowest BCUT2D eigenvalue weighted by Crippen LogP contribution is -2.27. The summed E-state index contributed by atoms with van der Waals surface area (Å²) in [5, 5.41) is 14.5. The van der Waals surface area contributed by atoms with Crippen molar-refractivity contribution < 1.29 is 9.52 Å². The summed E-state index contributed by atoms with van der Waals surface area (Å²) in [6, 6.07) is 18.0. The third-order valence-corrected chi connectivity index (χ3v) is 3.57. The fourth-order valence-electron chi connectivity index (χ4n) is 2.50. The van der Waals surface area contributed by atoms with E-state index in [2.05, 4.69) is 11.4 Å². The van der Waals surface area contributed by atoms with Crippen LogP contribution in [0.4, 0.5) is 0 Å². The largest absolute Gasteiger partial charge is 0.464 e. The molecule has 0 aliphatic carbocycles. The van der Waals surface area contributed by atoms with Gasteiger partial charge in [-0.05, 0) is 18.1 Å². The minimum Gasteiger partial charge on any atom is -0.464 e. The second kappa shape index (κ2) is 6.57. The molecule has 3 heteroatoms. The van der Waals surface area contributed by atoms with Crippen molar-refractivity contribution in [3.8, 4) is 0 Å². The summed E-state index contributed by atoms with van der Waals surface area (Å²) in [6.45, 7) is 1.26. The molecule has 3 aromatic rings. The van der Waals surface area contributed by atoms with E-state index in [1.165, 1.54) is 0 Å². The smallest absolute Gasteiger partial charge is 0.134 e. The first kappa shape index (κ1) is 13.9. The number of benzene rings is 2. The number of para-hydroxylation sites is 1. The summed E-state index contributed by atoms with van der Waals surface area (Å²) in [7, 11) is 0. The standard InChI is InChI=1S/C18H19NO2/c20-16(10-14-6-2-1-3-7-14)12-19-11-15-13-21-18-9-5-4-8-17(15)18/h1-9,13,16,19-20H,10-12H2. The number of fused-ring (bicyclic) bond motifs is 1. The van der Waals surface area contributed by atoms with Gasteiger partial charge in [0.2, 0.25) is 0 Å². The minimum absolute atomic E-state index is 0.384. The van der Waals surface area contributed by atoms with Crippen LogP contribution in [0.5, 0.6) is 0 Å². The second-order valence-electron chi connectivity index (χ2n) is 5.23. The minimum atomic E-state index is -0.384. The number of aliphatic hydroxyl groups excluding tert-OH is 1. The molecule has 3 nitrogen and oxygen atoms in total. The van der Waals surface area contributed by atoms with Crippen LogP contribution in [0.15, 0.2) is 65.3 Å². The van der Waals surface area contributed by atoms with E-state index < -0.39 is 0 Å². The first-order valence-electron chi connectivity index (χ1n) is 7.21. The maximum Gasteiger partial charge on any atom is 0.134 e. The topological polar surface area (TPSA) is 45.4 Å². The van der Waals surface area contributed by atoms with E-state index in [0.29, 0.717) is 19.5 Å². The normalized spacial score (nSPS) is 12.6. The van der Waals surface area contributed by atoms with Crippen LogP contribution in [0.2, 0.25) is 0 Å². The van der Waals surface area contributed by atoms with E-state index in [4.69, 9.17) is 4.42 Å². The van der Waals surface area contributed by atoms with Crippen molar-refractivity contribution in [2.24, 2.45) is 0 Å². The first-order chi connectivity index (χ1) is 10.3. The lowest BCUT2D eigenvalue weighted by atomic mass is 10.1. The molecule has 0 fully saturated rings. The number of hydrogen-bond donors (Lipinski definition) is 2. The van der Waals surface area contributed by atoms with Crippen LogP contribution in [0.25, 0.3) is 11.0 Å². The summed E-state index contributed by atoms with van der Waals surface area (Å²) >= 11 is 0. The van der Waals surface area contributed by atoms with E-state index in [9.17, 15) is 5.11 Å². The van der Waals surface area contributed by atoms with Crippen molar-refractivity contribution in [1.82, 2.24) is 5.32 Å². The Morgan fingerprint density at radius 1 is 1.00 bits per heavy atom. The third kappa shape index (κ3) is 3.51. The van der Waals surface area contributed by atoms with Gasteiger partial charge in [0.25, 0.3) is 0 Å². The Kier molecular flexibility index (Phi) is 4.34. The lowest BCUT2D eigenvalue weighted by molar-refractivity contribution is 0.171. The van der Waals surface area contributed by atoms with Gasteiger partial charge in [0.15, 0.2) is 0 Å². The van der Waals surface area contributed by atoms with Crippen molar-refractivity contribution in [2.45, 2.75) is 19.1 Å². The Hall–Kier alpha value is -2.10. The molecule has 0 aliphatic heterocycles. The van der Waals surface area contributed by atoms with E-state index >= 15 is 0 Å². The Balaban J connectivity index is 1.52. The van der Waals surface area contributed by atoms with Gasteiger partial charge in [0, 0.05) is 24.0 Å². The molecule has 2 N–H and O–H groups in total. The molecule has 0 amide bonds. The number of rotatable bonds is 6. The summed E-state index contributed by atoms with van der Waals surface area (Å²) in [4.78, 5) is 0. The molecular formula is C18H19NO2. The maximum absolute atomic E-state index is 10.1. The molecule has 0 saturated carbocycles. The quantitative estimate of drug-likeness (QED) is 0.729. The molecule has 21 heavy (non-hydrogen) atoms. The van der Waals surface area contributed by atoms with Crippen LogP contribution in [0, 0.1) is 0 Å². The molecule has 1 atom stereocenters. The Labute approximate surface area is 124 Å². The van der Waals surface area contributed by atoms with Gasteiger partial charge in [-0.2, -0.15) is 0 Å². The molecule has 2 aromatic carbocycles. The van der Waals surface area contributed by atoms with Crippen LogP contribution in [-0.2, 0) is 13.0 Å². The number of aliphatic hydroxyl groups is 1. The molecule has 1 heterocycles. The van der Waals surface area contributed by atoms with E-state index in [1.54, 1.807) is 6.26 Å². The van der Waals surface area contributed by atoms with Crippen LogP contribution in [-0.4, -0.2) is 17.8 Å². The molecule has 0 radical (unpaired) electrons. The Morgan fingerprint density at radius 3 is 2.62 bits per heavy atom. The maximum atomic E-state index is 10.1. The molecule has 3 rings (SSSR count). The predicted octanol–water partition coefficient (Wildman–Crippen LogP) is 3.13. The SMILES string of the molecule is OC(CNCc1coc2ccccc12)Cc1ccccc1. The number of hydrogen-bond acceptors (Lipinski definition) is 3. The van der Waals surface area contributed by atoms with Gasteiger partial charge < -0.3 is 14.8 Å². The van der Waals surface area contributed by atoms with E-state index in [0.717, 1.165) is 22.1 Å². The van der Waals surface area contributed by atoms with Crippen LogP contribution in [0.1, 0.15) is 11.1 Å². The summed E-state index contributed by atoms with van der Waals surface area (Å²) in [6.07, 6.45) is 2.06. The third-order valence-electron chi connectivity index (χ3n) is 3.57. The average molecular weight is 281 g/mol. The van der Waals surface area contributed by atoms with Gasteiger partial charge in [0.05, 0.1) is 12.4 Å². The molecule has 0 aliphatic rings. The van der Waals surface area contributed by atoms with Gasteiger partial charge in [-0.25, -0.2) is 0 Å². The van der Waals surface area contributed by atoms with Gasteiger partial charge >= 0.3 is 0 Å². The molecule has 0 saturated heterocycles. The Morgan fingerprint density at radius 2 is 1.76 bits per heavy atom. The zero-order chi connectivity index (χ0) is 14.5.